The van der Waals surface area contributed by atoms with E-state index in [1.54, 1.807) is 6.08 Å². The van der Waals surface area contributed by atoms with Crippen molar-refractivity contribution in [2.45, 2.75) is 495 Å². The first-order valence-corrected chi connectivity index (χ1v) is 42.8. The summed E-state index contributed by atoms with van der Waals surface area (Å²) in [6, 6.07) is -0.629. The van der Waals surface area contributed by atoms with Crippen LogP contribution in [0, 0.1) is 0 Å². The quantitative estimate of drug-likeness (QED) is 0.0320. The second-order valence-electron chi connectivity index (χ2n) is 29.5. The molecule has 0 spiro atoms. The molecule has 0 saturated heterocycles. The zero-order valence-electron chi connectivity index (χ0n) is 63.3. The van der Waals surface area contributed by atoms with Crippen molar-refractivity contribution in [1.29, 1.82) is 0 Å². The maximum Gasteiger partial charge on any atom is 0.305 e. The zero-order chi connectivity index (χ0) is 67.0. The van der Waals surface area contributed by atoms with Crippen molar-refractivity contribution in [1.82, 2.24) is 5.32 Å². The Morgan fingerprint density at radius 2 is 0.538 bits per heavy atom. The van der Waals surface area contributed by atoms with Gasteiger partial charge in [-0.2, -0.15) is 0 Å². The highest BCUT2D eigenvalue weighted by molar-refractivity contribution is 5.76. The second-order valence-corrected chi connectivity index (χ2v) is 29.5. The van der Waals surface area contributed by atoms with E-state index in [-0.39, 0.29) is 18.5 Å². The molecule has 0 bridgehead atoms. The predicted octanol–water partition coefficient (Wildman–Crippen LogP) is 28.6. The molecular weight excluding hydrogens is 1140 g/mol. The van der Waals surface area contributed by atoms with E-state index < -0.39 is 12.1 Å². The largest absolute Gasteiger partial charge is 0.466 e. The van der Waals surface area contributed by atoms with Crippen LogP contribution in [0.15, 0.2) is 36.5 Å². The van der Waals surface area contributed by atoms with E-state index >= 15 is 0 Å². The molecule has 0 aromatic rings. The Morgan fingerprint density at radius 3 is 0.817 bits per heavy atom. The Bertz CT molecular complexity index is 1510. The Hall–Kier alpha value is -1.92. The summed E-state index contributed by atoms with van der Waals surface area (Å²) in [6.45, 7) is 4.96. The third-order valence-corrected chi connectivity index (χ3v) is 20.2. The van der Waals surface area contributed by atoms with Crippen LogP contribution in [0.1, 0.15) is 483 Å². The molecule has 0 saturated carbocycles. The van der Waals surface area contributed by atoms with Crippen LogP contribution in [0.4, 0.5) is 0 Å². The van der Waals surface area contributed by atoms with Gasteiger partial charge < -0.3 is 20.3 Å². The van der Waals surface area contributed by atoms with Crippen LogP contribution < -0.4 is 5.32 Å². The van der Waals surface area contributed by atoms with Gasteiger partial charge in [-0.1, -0.05) is 442 Å². The normalized spacial score (nSPS) is 12.6. The Labute approximate surface area is 583 Å². The summed E-state index contributed by atoms with van der Waals surface area (Å²) in [6.07, 6.45) is 109. The summed E-state index contributed by atoms with van der Waals surface area (Å²) in [5.74, 6) is -0.0412. The first kappa shape index (κ1) is 91.1. The first-order valence-electron chi connectivity index (χ1n) is 42.8. The number of allylic oxidation sites excluding steroid dienone is 5. The molecule has 6 nitrogen and oxygen atoms in total. The SMILES string of the molecule is CCCCCCCCCCCCCCCCCCCCCCCCC/C=C/C(O)C(CO)NC(=O)CCCCCCCCCCCCCCCCCCC/C=C\C/C=C\CCCCCCCCCCCOC(=O)CCCCCCCCCCCCCCCCCCCC. The summed E-state index contributed by atoms with van der Waals surface area (Å²) < 4.78 is 5.52. The van der Waals surface area contributed by atoms with E-state index in [9.17, 15) is 19.8 Å². The average molecular weight is 1310 g/mol. The Balaban J connectivity index is 3.39. The van der Waals surface area contributed by atoms with Gasteiger partial charge in [0.15, 0.2) is 0 Å². The lowest BCUT2D eigenvalue weighted by atomic mass is 10.0. The highest BCUT2D eigenvalue weighted by atomic mass is 16.5. The summed E-state index contributed by atoms with van der Waals surface area (Å²) >= 11 is 0. The third-order valence-electron chi connectivity index (χ3n) is 20.2. The van der Waals surface area contributed by atoms with E-state index in [2.05, 4.69) is 43.5 Å². The van der Waals surface area contributed by atoms with Gasteiger partial charge in [0.05, 0.1) is 25.4 Å². The van der Waals surface area contributed by atoms with Gasteiger partial charge in [0.25, 0.3) is 0 Å². The number of unbranched alkanes of at least 4 members (excludes halogenated alkanes) is 66. The lowest BCUT2D eigenvalue weighted by Crippen LogP contribution is -2.45. The average Bonchev–Trinajstić information content (AvgIpc) is 3.78. The van der Waals surface area contributed by atoms with Crippen molar-refractivity contribution in [2.24, 2.45) is 0 Å². The fraction of sp³-hybridized carbons (Fsp3) is 0.908. The number of amides is 1. The molecule has 0 rings (SSSR count). The second kappa shape index (κ2) is 82.5. The van der Waals surface area contributed by atoms with E-state index in [4.69, 9.17) is 4.74 Å². The predicted molar refractivity (Wildman–Crippen MR) is 412 cm³/mol. The van der Waals surface area contributed by atoms with Gasteiger partial charge in [0.2, 0.25) is 5.91 Å². The van der Waals surface area contributed by atoms with Crippen LogP contribution in [0.3, 0.4) is 0 Å². The molecule has 0 fully saturated rings. The maximum atomic E-state index is 12.6. The molecule has 0 heterocycles. The topological polar surface area (TPSA) is 95.9 Å². The minimum absolute atomic E-state index is 0.0194. The lowest BCUT2D eigenvalue weighted by molar-refractivity contribution is -0.143. The van der Waals surface area contributed by atoms with E-state index in [0.717, 1.165) is 44.9 Å². The highest BCUT2D eigenvalue weighted by Gasteiger charge is 2.18. The van der Waals surface area contributed by atoms with Gasteiger partial charge in [-0.3, -0.25) is 9.59 Å². The number of hydrogen-bond donors (Lipinski definition) is 3. The number of carbonyl (C=O) groups excluding carboxylic acids is 2. The lowest BCUT2D eigenvalue weighted by Gasteiger charge is -2.20. The van der Waals surface area contributed by atoms with Crippen LogP contribution in [0.25, 0.3) is 0 Å². The molecule has 0 aliphatic carbocycles. The standard InChI is InChI=1S/C87H167NO5/c1-3-5-7-9-11-13-15-17-19-21-23-24-25-35-38-41-44-47-51-55-59-63-67-71-75-79-85(90)84(83-89)88-86(91)80-76-72-68-64-60-56-52-48-45-42-39-36-33-31-29-27-26-28-30-32-34-37-40-43-46-50-54-58-62-66-70-74-78-82-93-87(92)81-77-73-69-65-61-57-53-49-22-20-18-16-14-12-10-8-6-4-2/h30,32,37,40,75,79,84-85,89-90H,3-29,31,33-36,38-39,41-74,76-78,80-83H2,1-2H3,(H,88,91)/b32-30-,40-37-,79-75+. The number of nitrogens with one attached hydrogen (secondary N) is 1. The van der Waals surface area contributed by atoms with E-state index in [1.807, 2.05) is 6.08 Å². The number of rotatable bonds is 81. The molecule has 0 aromatic carbocycles. The Kier molecular flexibility index (Phi) is 80.8. The van der Waals surface area contributed by atoms with Crippen molar-refractivity contribution in [2.75, 3.05) is 13.2 Å². The molecule has 3 N–H and O–H groups in total. The van der Waals surface area contributed by atoms with Gasteiger partial charge in [0.1, 0.15) is 0 Å². The highest BCUT2D eigenvalue weighted by Crippen LogP contribution is 2.20. The molecule has 0 radical (unpaired) electrons. The van der Waals surface area contributed by atoms with Crippen LogP contribution in [0.5, 0.6) is 0 Å². The van der Waals surface area contributed by atoms with Gasteiger partial charge in [-0.15, -0.1) is 0 Å². The molecule has 0 aromatic heterocycles. The molecule has 2 unspecified atom stereocenters. The van der Waals surface area contributed by atoms with Crippen LogP contribution in [0.2, 0.25) is 0 Å². The number of hydrogen-bond acceptors (Lipinski definition) is 5. The van der Waals surface area contributed by atoms with Crippen molar-refractivity contribution in [3.8, 4) is 0 Å². The molecule has 2 atom stereocenters. The number of aliphatic hydroxyl groups excluding tert-OH is 2. The van der Waals surface area contributed by atoms with Crippen molar-refractivity contribution in [3.05, 3.63) is 36.5 Å². The van der Waals surface area contributed by atoms with Gasteiger partial charge in [-0.25, -0.2) is 0 Å². The maximum absolute atomic E-state index is 12.6. The fourth-order valence-electron chi connectivity index (χ4n) is 13.7. The summed E-state index contributed by atoms with van der Waals surface area (Å²) in [7, 11) is 0. The fourth-order valence-corrected chi connectivity index (χ4v) is 13.7. The van der Waals surface area contributed by atoms with Crippen LogP contribution >= 0.6 is 0 Å². The monoisotopic (exact) mass is 1310 g/mol. The molecule has 93 heavy (non-hydrogen) atoms. The third kappa shape index (κ3) is 79.0. The van der Waals surface area contributed by atoms with E-state index in [1.165, 1.54) is 411 Å². The first-order chi connectivity index (χ1) is 46.0. The van der Waals surface area contributed by atoms with Gasteiger partial charge in [-0.05, 0) is 64.2 Å². The molecule has 6 heteroatoms. The zero-order valence-corrected chi connectivity index (χ0v) is 63.3. The number of aliphatic hydroxyl groups is 2. The summed E-state index contributed by atoms with van der Waals surface area (Å²) in [5.41, 5.74) is 0. The minimum atomic E-state index is -0.845. The van der Waals surface area contributed by atoms with Crippen molar-refractivity contribution >= 4 is 11.9 Å². The number of carbonyl (C=O) groups is 2. The van der Waals surface area contributed by atoms with E-state index in [0.29, 0.717) is 19.4 Å². The molecule has 0 aliphatic rings. The summed E-state index contributed by atoms with van der Waals surface area (Å²) in [5, 5.41) is 23.3. The Morgan fingerprint density at radius 1 is 0.301 bits per heavy atom. The number of ether oxygens (including phenoxy) is 1. The summed E-state index contributed by atoms with van der Waals surface area (Å²) in [4.78, 5) is 24.7. The smallest absolute Gasteiger partial charge is 0.305 e. The molecular formula is C87H167NO5. The number of esters is 1. The van der Waals surface area contributed by atoms with Gasteiger partial charge >= 0.3 is 5.97 Å². The molecule has 550 valence electrons. The van der Waals surface area contributed by atoms with Crippen molar-refractivity contribution < 1.29 is 24.5 Å². The van der Waals surface area contributed by atoms with Crippen molar-refractivity contribution in [3.63, 3.8) is 0 Å². The van der Waals surface area contributed by atoms with Crippen LogP contribution in [-0.4, -0.2) is 47.4 Å². The molecule has 1 amide bonds. The van der Waals surface area contributed by atoms with Gasteiger partial charge in [0, 0.05) is 12.8 Å². The molecule has 0 aliphatic heterocycles. The minimum Gasteiger partial charge on any atom is -0.466 e. The van der Waals surface area contributed by atoms with Crippen LogP contribution in [-0.2, 0) is 14.3 Å².